The predicted octanol–water partition coefficient (Wildman–Crippen LogP) is 3.36. The Hall–Kier alpha value is -3.39. The van der Waals surface area contributed by atoms with Gasteiger partial charge in [-0.3, -0.25) is 14.9 Å². The van der Waals surface area contributed by atoms with Crippen LogP contribution in [0.15, 0.2) is 42.7 Å². The number of H-pyrrole nitrogens is 1. The molecular formula is C22H24ClN7O. The van der Waals surface area contributed by atoms with Gasteiger partial charge in [0, 0.05) is 30.9 Å². The quantitative estimate of drug-likeness (QED) is 0.405. The zero-order valence-electron chi connectivity index (χ0n) is 17.4. The molecule has 0 spiro atoms. The molecular weight excluding hydrogens is 414 g/mol. The summed E-state index contributed by atoms with van der Waals surface area (Å²) in [4.78, 5) is 20.1. The van der Waals surface area contributed by atoms with Crippen LogP contribution in [0.4, 0.5) is 0 Å². The number of aromatic amines is 1. The number of hydrogen-bond donors (Lipinski definition) is 4. The summed E-state index contributed by atoms with van der Waals surface area (Å²) >= 11 is 5.82. The summed E-state index contributed by atoms with van der Waals surface area (Å²) in [6, 6.07) is 7.95. The lowest BCUT2D eigenvalue weighted by Crippen LogP contribution is -2.26. The summed E-state index contributed by atoms with van der Waals surface area (Å²) in [6.07, 6.45) is 7.09. The Morgan fingerprint density at radius 3 is 2.84 bits per heavy atom. The number of nitrogens with one attached hydrogen (secondary N) is 4. The van der Waals surface area contributed by atoms with Gasteiger partial charge in [-0.1, -0.05) is 17.7 Å². The Bertz CT molecular complexity index is 1160. The number of aromatic nitrogens is 4. The molecule has 31 heavy (non-hydrogen) atoms. The first-order valence-electron chi connectivity index (χ1n) is 10.0. The van der Waals surface area contributed by atoms with Crippen molar-refractivity contribution >= 4 is 28.4 Å². The van der Waals surface area contributed by atoms with Crippen molar-refractivity contribution in [2.45, 2.75) is 32.4 Å². The van der Waals surface area contributed by atoms with Gasteiger partial charge in [0.1, 0.15) is 5.17 Å². The topological polar surface area (TPSA) is 111 Å². The van der Waals surface area contributed by atoms with E-state index in [4.69, 9.17) is 17.0 Å². The van der Waals surface area contributed by atoms with E-state index in [0.29, 0.717) is 29.7 Å². The van der Waals surface area contributed by atoms with E-state index in [9.17, 15) is 4.79 Å². The van der Waals surface area contributed by atoms with Crippen molar-refractivity contribution in [3.05, 3.63) is 65.4 Å². The maximum atomic E-state index is 12.4. The van der Waals surface area contributed by atoms with Crippen LogP contribution in [0.3, 0.4) is 0 Å². The fourth-order valence-electron chi connectivity index (χ4n) is 3.27. The highest BCUT2D eigenvalue weighted by Crippen LogP contribution is 2.24. The van der Waals surface area contributed by atoms with Crippen LogP contribution in [-0.4, -0.2) is 36.9 Å². The van der Waals surface area contributed by atoms with E-state index in [2.05, 4.69) is 25.7 Å². The molecule has 4 N–H and O–H groups in total. The van der Waals surface area contributed by atoms with Crippen LogP contribution in [0.1, 0.15) is 40.3 Å². The molecule has 0 atom stereocenters. The average molecular weight is 438 g/mol. The number of imidazole rings is 1. The van der Waals surface area contributed by atoms with Crippen molar-refractivity contribution in [1.29, 1.82) is 5.41 Å². The summed E-state index contributed by atoms with van der Waals surface area (Å²) < 4.78 is 1.77. The smallest absolute Gasteiger partial charge is 0.251 e. The third-order valence-corrected chi connectivity index (χ3v) is 5.29. The van der Waals surface area contributed by atoms with Crippen LogP contribution in [0.2, 0.25) is 0 Å². The highest BCUT2D eigenvalue weighted by Gasteiger charge is 2.24. The van der Waals surface area contributed by atoms with Gasteiger partial charge in [-0.2, -0.15) is 5.10 Å². The van der Waals surface area contributed by atoms with E-state index < -0.39 is 0 Å². The normalized spacial score (nSPS) is 13.8. The Morgan fingerprint density at radius 2 is 2.19 bits per heavy atom. The number of amides is 1. The summed E-state index contributed by atoms with van der Waals surface area (Å²) in [6.45, 7) is 2.44. The van der Waals surface area contributed by atoms with Gasteiger partial charge in [0.25, 0.3) is 5.91 Å². The molecule has 0 aliphatic heterocycles. The Labute approximate surface area is 185 Å². The Morgan fingerprint density at radius 1 is 1.39 bits per heavy atom. The molecule has 0 saturated heterocycles. The minimum Gasteiger partial charge on any atom is -0.376 e. The molecule has 4 rings (SSSR count). The van der Waals surface area contributed by atoms with Crippen molar-refractivity contribution in [2.24, 2.45) is 7.05 Å². The number of aryl methyl sites for hydroxylation is 2. The van der Waals surface area contributed by atoms with Gasteiger partial charge < -0.3 is 15.6 Å². The van der Waals surface area contributed by atoms with Crippen molar-refractivity contribution < 1.29 is 4.79 Å². The molecule has 0 bridgehead atoms. The molecule has 1 fully saturated rings. The number of benzene rings is 1. The molecule has 3 aromatic rings. The van der Waals surface area contributed by atoms with Crippen LogP contribution in [0, 0.1) is 12.3 Å². The SMILES string of the molecule is Cc1cc(-c2cnc(/C(=C\C(=N)Cl)NCc3ccnn3C)[nH]2)ccc1C(=O)NC1CC1. The van der Waals surface area contributed by atoms with Gasteiger partial charge >= 0.3 is 0 Å². The molecule has 1 aliphatic carbocycles. The van der Waals surface area contributed by atoms with Crippen molar-refractivity contribution in [3.63, 3.8) is 0 Å². The van der Waals surface area contributed by atoms with Crippen molar-refractivity contribution in [3.8, 4) is 11.3 Å². The third kappa shape index (κ3) is 5.03. The van der Waals surface area contributed by atoms with E-state index in [1.807, 2.05) is 38.2 Å². The molecule has 1 aromatic carbocycles. The Kier molecular flexibility index (Phi) is 5.90. The summed E-state index contributed by atoms with van der Waals surface area (Å²) in [5.41, 5.74) is 4.90. The zero-order chi connectivity index (χ0) is 22.0. The molecule has 9 heteroatoms. The number of nitrogens with zero attached hydrogens (tertiary/aromatic N) is 3. The number of carbonyl (C=O) groups is 1. The lowest BCUT2D eigenvalue weighted by molar-refractivity contribution is 0.0950. The second-order valence-corrected chi connectivity index (χ2v) is 8.04. The lowest BCUT2D eigenvalue weighted by atomic mass is 10.0. The Balaban J connectivity index is 1.53. The average Bonchev–Trinajstić information content (AvgIpc) is 3.23. The molecule has 1 saturated carbocycles. The van der Waals surface area contributed by atoms with E-state index >= 15 is 0 Å². The number of allylic oxidation sites excluding steroid dienone is 1. The number of carbonyl (C=O) groups excluding carboxylic acids is 1. The fraction of sp³-hybridized carbons (Fsp3) is 0.273. The largest absolute Gasteiger partial charge is 0.376 e. The first kappa shape index (κ1) is 20.9. The molecule has 1 amide bonds. The standard InChI is InChI=1S/C22H24ClN7O/c1-13-9-14(3-6-17(13)22(31)28-15-4-5-15)19-12-26-21(29-19)18(10-20(23)24)25-11-16-7-8-27-30(16)2/h3,6-10,12,15,24-25H,4-5,11H2,1-2H3,(H,26,29)(H,28,31)/b18-10+,24-20?. The van der Waals surface area contributed by atoms with Crippen molar-refractivity contribution in [1.82, 2.24) is 30.4 Å². The number of halogens is 1. The van der Waals surface area contributed by atoms with Crippen molar-refractivity contribution in [2.75, 3.05) is 0 Å². The van der Waals surface area contributed by atoms with Crippen LogP contribution in [-0.2, 0) is 13.6 Å². The highest BCUT2D eigenvalue weighted by molar-refractivity contribution is 6.68. The first-order chi connectivity index (χ1) is 14.9. The molecule has 0 unspecified atom stereocenters. The first-order valence-corrected chi connectivity index (χ1v) is 10.4. The second-order valence-electron chi connectivity index (χ2n) is 7.63. The summed E-state index contributed by atoms with van der Waals surface area (Å²) in [5.74, 6) is 0.540. The lowest BCUT2D eigenvalue weighted by Gasteiger charge is -2.10. The summed E-state index contributed by atoms with van der Waals surface area (Å²) in [5, 5.41) is 18.0. The van der Waals surface area contributed by atoms with Gasteiger partial charge in [0.05, 0.1) is 29.8 Å². The molecule has 8 nitrogen and oxygen atoms in total. The van der Waals surface area contributed by atoms with E-state index in [1.165, 1.54) is 6.08 Å². The minimum atomic E-state index is -0.104. The van der Waals surface area contributed by atoms with Crippen LogP contribution in [0.5, 0.6) is 0 Å². The van der Waals surface area contributed by atoms with E-state index in [0.717, 1.165) is 35.4 Å². The molecule has 160 valence electrons. The highest BCUT2D eigenvalue weighted by atomic mass is 35.5. The van der Waals surface area contributed by atoms with E-state index in [-0.39, 0.29) is 11.1 Å². The van der Waals surface area contributed by atoms with Crippen LogP contribution >= 0.6 is 11.6 Å². The predicted molar refractivity (Wildman–Crippen MR) is 121 cm³/mol. The molecule has 0 radical (unpaired) electrons. The van der Waals surface area contributed by atoms with Crippen LogP contribution < -0.4 is 10.6 Å². The zero-order valence-corrected chi connectivity index (χ0v) is 18.1. The monoisotopic (exact) mass is 437 g/mol. The molecule has 1 aliphatic rings. The number of hydrogen-bond acceptors (Lipinski definition) is 5. The van der Waals surface area contributed by atoms with Gasteiger partial charge in [-0.25, -0.2) is 4.98 Å². The summed E-state index contributed by atoms with van der Waals surface area (Å²) in [7, 11) is 1.87. The fourth-order valence-corrected chi connectivity index (χ4v) is 3.38. The minimum absolute atomic E-state index is 0.0259. The van der Waals surface area contributed by atoms with Gasteiger partial charge in [0.15, 0.2) is 5.82 Å². The number of rotatable bonds is 8. The second kappa shape index (κ2) is 8.77. The van der Waals surface area contributed by atoms with Crippen LogP contribution in [0.25, 0.3) is 17.0 Å². The third-order valence-electron chi connectivity index (χ3n) is 5.18. The molecule has 2 heterocycles. The van der Waals surface area contributed by atoms with Gasteiger partial charge in [-0.05, 0) is 49.1 Å². The maximum Gasteiger partial charge on any atom is 0.251 e. The van der Waals surface area contributed by atoms with E-state index in [1.54, 1.807) is 17.1 Å². The van der Waals surface area contributed by atoms with Gasteiger partial charge in [-0.15, -0.1) is 0 Å². The molecule has 2 aromatic heterocycles. The van der Waals surface area contributed by atoms with Gasteiger partial charge in [0.2, 0.25) is 0 Å². The maximum absolute atomic E-state index is 12.4.